The number of hydrogen-bond donors (Lipinski definition) is 1. The molecule has 0 spiro atoms. The molecular formula is C14H16N2O2. The van der Waals surface area contributed by atoms with Crippen LogP contribution in [0.2, 0.25) is 0 Å². The second-order valence-corrected chi connectivity index (χ2v) is 4.99. The summed E-state index contributed by atoms with van der Waals surface area (Å²) in [5.74, 6) is 0.115. The Morgan fingerprint density at radius 2 is 2.22 bits per heavy atom. The Kier molecular flexibility index (Phi) is 2.67. The van der Waals surface area contributed by atoms with Gasteiger partial charge in [0.1, 0.15) is 0 Å². The van der Waals surface area contributed by atoms with Crippen LogP contribution in [0.4, 0.5) is 0 Å². The van der Waals surface area contributed by atoms with Crippen LogP contribution in [0.25, 0.3) is 0 Å². The largest absolute Gasteiger partial charge is 0.331 e. The zero-order chi connectivity index (χ0) is 12.7. The van der Waals surface area contributed by atoms with Crippen molar-refractivity contribution in [3.8, 4) is 0 Å². The zero-order valence-corrected chi connectivity index (χ0v) is 10.4. The average molecular weight is 244 g/mol. The third kappa shape index (κ3) is 1.82. The van der Waals surface area contributed by atoms with Crippen LogP contribution < -0.4 is 5.32 Å². The summed E-state index contributed by atoms with van der Waals surface area (Å²) >= 11 is 0. The van der Waals surface area contributed by atoms with E-state index >= 15 is 0 Å². The lowest BCUT2D eigenvalue weighted by atomic mass is 10.0. The Bertz CT molecular complexity index is 521. The molecular weight excluding hydrogens is 228 g/mol. The Morgan fingerprint density at radius 1 is 1.44 bits per heavy atom. The molecule has 1 aliphatic heterocycles. The molecule has 0 aromatic heterocycles. The molecule has 0 unspecified atom stereocenters. The fourth-order valence-electron chi connectivity index (χ4n) is 2.44. The standard InChI is InChI=1S/C14H16N2O2/c1-15-7-13(17)9-2-3-10-8-16(11-4-5-11)14(18)12(10)6-9/h2-3,6,11,15H,4-5,7-8H2,1H3. The summed E-state index contributed by atoms with van der Waals surface area (Å²) in [6.45, 7) is 1.01. The predicted octanol–water partition coefficient (Wildman–Crippen LogP) is 1.21. The lowest BCUT2D eigenvalue weighted by Crippen LogP contribution is -2.26. The zero-order valence-electron chi connectivity index (χ0n) is 10.4. The second-order valence-electron chi connectivity index (χ2n) is 4.99. The van der Waals surface area contributed by atoms with E-state index in [4.69, 9.17) is 0 Å². The van der Waals surface area contributed by atoms with Crippen molar-refractivity contribution in [2.24, 2.45) is 0 Å². The Balaban J connectivity index is 1.88. The van der Waals surface area contributed by atoms with Gasteiger partial charge in [0, 0.05) is 23.7 Å². The summed E-state index contributed by atoms with van der Waals surface area (Å²) in [7, 11) is 1.74. The first-order chi connectivity index (χ1) is 8.70. The fraction of sp³-hybridized carbons (Fsp3) is 0.429. The lowest BCUT2D eigenvalue weighted by Gasteiger charge is -2.13. The van der Waals surface area contributed by atoms with Crippen LogP contribution in [-0.2, 0) is 6.54 Å². The number of fused-ring (bicyclic) bond motifs is 1. The number of likely N-dealkylation sites (N-methyl/N-ethyl adjacent to an activating group) is 1. The van der Waals surface area contributed by atoms with Gasteiger partial charge < -0.3 is 10.2 Å². The number of carbonyl (C=O) groups excluding carboxylic acids is 2. The molecule has 0 bridgehead atoms. The number of ketones is 1. The average Bonchev–Trinajstić information content (AvgIpc) is 3.15. The third-order valence-corrected chi connectivity index (χ3v) is 3.59. The molecule has 1 aliphatic carbocycles. The van der Waals surface area contributed by atoms with Gasteiger partial charge in [-0.3, -0.25) is 9.59 Å². The monoisotopic (exact) mass is 244 g/mol. The highest BCUT2D eigenvalue weighted by atomic mass is 16.2. The summed E-state index contributed by atoms with van der Waals surface area (Å²) in [4.78, 5) is 25.9. The maximum atomic E-state index is 12.2. The summed E-state index contributed by atoms with van der Waals surface area (Å²) in [5, 5.41) is 2.84. The van der Waals surface area contributed by atoms with E-state index < -0.39 is 0 Å². The Hall–Kier alpha value is -1.68. The van der Waals surface area contributed by atoms with Crippen molar-refractivity contribution < 1.29 is 9.59 Å². The highest BCUT2D eigenvalue weighted by Gasteiger charge is 2.38. The van der Waals surface area contributed by atoms with Crippen LogP contribution in [0.5, 0.6) is 0 Å². The highest BCUT2D eigenvalue weighted by molar-refractivity contribution is 6.03. The van der Waals surface area contributed by atoms with Crippen LogP contribution in [0.3, 0.4) is 0 Å². The molecule has 0 saturated heterocycles. The molecule has 1 aromatic carbocycles. The first-order valence-corrected chi connectivity index (χ1v) is 6.32. The molecule has 1 saturated carbocycles. The first kappa shape index (κ1) is 11.4. The number of nitrogens with one attached hydrogen (secondary N) is 1. The SMILES string of the molecule is CNCC(=O)c1ccc2c(c1)C(=O)N(C1CC1)C2. The molecule has 0 atom stereocenters. The number of rotatable bonds is 4. The summed E-state index contributed by atoms with van der Waals surface area (Å²) in [6.07, 6.45) is 2.23. The molecule has 94 valence electrons. The quantitative estimate of drug-likeness (QED) is 0.810. The number of nitrogens with zero attached hydrogens (tertiary/aromatic N) is 1. The van der Waals surface area contributed by atoms with E-state index in [1.807, 2.05) is 17.0 Å². The van der Waals surface area contributed by atoms with E-state index in [2.05, 4.69) is 5.32 Å². The minimum absolute atomic E-state index is 0.0259. The molecule has 2 aliphatic rings. The van der Waals surface area contributed by atoms with E-state index in [0.29, 0.717) is 30.3 Å². The van der Waals surface area contributed by atoms with Crippen molar-refractivity contribution in [2.75, 3.05) is 13.6 Å². The van der Waals surface area contributed by atoms with Gasteiger partial charge in [-0.15, -0.1) is 0 Å². The van der Waals surface area contributed by atoms with Crippen LogP contribution in [0, 0.1) is 0 Å². The second kappa shape index (κ2) is 4.21. The molecule has 1 aromatic rings. The van der Waals surface area contributed by atoms with E-state index in [1.165, 1.54) is 0 Å². The normalized spacial score (nSPS) is 18.1. The van der Waals surface area contributed by atoms with E-state index in [-0.39, 0.29) is 11.7 Å². The molecule has 1 heterocycles. The van der Waals surface area contributed by atoms with Gasteiger partial charge in [0.15, 0.2) is 5.78 Å². The van der Waals surface area contributed by atoms with E-state index in [0.717, 1.165) is 18.4 Å². The van der Waals surface area contributed by atoms with Crippen LogP contribution in [0.1, 0.15) is 39.1 Å². The van der Waals surface area contributed by atoms with Gasteiger partial charge >= 0.3 is 0 Å². The van der Waals surface area contributed by atoms with Crippen molar-refractivity contribution in [3.05, 3.63) is 34.9 Å². The van der Waals surface area contributed by atoms with Crippen LogP contribution >= 0.6 is 0 Å². The van der Waals surface area contributed by atoms with Crippen LogP contribution in [0.15, 0.2) is 18.2 Å². The molecule has 4 heteroatoms. The van der Waals surface area contributed by atoms with Gasteiger partial charge in [-0.05, 0) is 31.5 Å². The summed E-state index contributed by atoms with van der Waals surface area (Å²) in [6, 6.07) is 5.92. The van der Waals surface area contributed by atoms with Gasteiger partial charge in [0.2, 0.25) is 0 Å². The van der Waals surface area contributed by atoms with Gasteiger partial charge in [-0.2, -0.15) is 0 Å². The summed E-state index contributed by atoms with van der Waals surface area (Å²) in [5.41, 5.74) is 2.38. The maximum Gasteiger partial charge on any atom is 0.254 e. The lowest BCUT2D eigenvalue weighted by molar-refractivity contribution is 0.0766. The molecule has 3 rings (SSSR count). The molecule has 1 N–H and O–H groups in total. The Morgan fingerprint density at radius 3 is 2.89 bits per heavy atom. The molecule has 1 fully saturated rings. The number of Topliss-reactive ketones (excluding diaryl/α,β-unsaturated/α-hetero) is 1. The number of carbonyl (C=O) groups is 2. The number of hydrogen-bond acceptors (Lipinski definition) is 3. The first-order valence-electron chi connectivity index (χ1n) is 6.32. The van der Waals surface area contributed by atoms with Crippen molar-refractivity contribution in [1.29, 1.82) is 0 Å². The van der Waals surface area contributed by atoms with Crippen molar-refractivity contribution in [3.63, 3.8) is 0 Å². The van der Waals surface area contributed by atoms with E-state index in [1.54, 1.807) is 13.1 Å². The Labute approximate surface area is 106 Å². The summed E-state index contributed by atoms with van der Waals surface area (Å²) < 4.78 is 0. The molecule has 0 radical (unpaired) electrons. The molecule has 1 amide bonds. The van der Waals surface area contributed by atoms with Gasteiger partial charge in [0.25, 0.3) is 5.91 Å². The third-order valence-electron chi connectivity index (χ3n) is 3.59. The predicted molar refractivity (Wildman–Crippen MR) is 67.6 cm³/mol. The van der Waals surface area contributed by atoms with E-state index in [9.17, 15) is 9.59 Å². The minimum Gasteiger partial charge on any atom is -0.331 e. The number of amides is 1. The smallest absolute Gasteiger partial charge is 0.254 e. The highest BCUT2D eigenvalue weighted by Crippen LogP contribution is 2.34. The van der Waals surface area contributed by atoms with Crippen LogP contribution in [-0.4, -0.2) is 36.2 Å². The van der Waals surface area contributed by atoms with Crippen molar-refractivity contribution >= 4 is 11.7 Å². The topological polar surface area (TPSA) is 49.4 Å². The fourth-order valence-corrected chi connectivity index (χ4v) is 2.44. The van der Waals surface area contributed by atoms with Gasteiger partial charge in [-0.25, -0.2) is 0 Å². The molecule has 18 heavy (non-hydrogen) atoms. The van der Waals surface area contributed by atoms with Crippen molar-refractivity contribution in [1.82, 2.24) is 10.2 Å². The molecule has 4 nitrogen and oxygen atoms in total. The van der Waals surface area contributed by atoms with Gasteiger partial charge in [-0.1, -0.05) is 12.1 Å². The van der Waals surface area contributed by atoms with Gasteiger partial charge in [0.05, 0.1) is 6.54 Å². The number of benzene rings is 1. The minimum atomic E-state index is 0.0259. The maximum absolute atomic E-state index is 12.2. The van der Waals surface area contributed by atoms with Crippen molar-refractivity contribution in [2.45, 2.75) is 25.4 Å².